The summed E-state index contributed by atoms with van der Waals surface area (Å²) in [5, 5.41) is 1.93. The second-order valence-electron chi connectivity index (χ2n) is 18.0. The molecule has 326 valence electrons. The largest absolute Gasteiger partial charge is 0.510 e. The van der Waals surface area contributed by atoms with E-state index in [-0.39, 0.29) is 76.9 Å². The van der Waals surface area contributed by atoms with Crippen molar-refractivity contribution in [2.45, 2.75) is 72.9 Å². The normalized spacial score (nSPS) is 15.7. The number of imidazole rings is 1. The van der Waals surface area contributed by atoms with Crippen LogP contribution in [0.3, 0.4) is 0 Å². The van der Waals surface area contributed by atoms with Crippen LogP contribution in [0, 0.1) is 39.0 Å². The summed E-state index contributed by atoms with van der Waals surface area (Å²) in [5.41, 5.74) is 2.96. The van der Waals surface area contributed by atoms with Gasteiger partial charge in [-0.25, -0.2) is 4.98 Å². The van der Waals surface area contributed by atoms with Crippen LogP contribution in [0.4, 0.5) is 0 Å². The molecular formula is C59H52N4OPt-2. The average molecular weight is 1040 g/mol. The summed E-state index contributed by atoms with van der Waals surface area (Å²) in [6.45, 7) is 3.87. The number of benzene rings is 7. The van der Waals surface area contributed by atoms with Gasteiger partial charge in [-0.3, -0.25) is 4.57 Å². The Balaban J connectivity index is 0.00000757. The third-order valence-electron chi connectivity index (χ3n) is 11.5. The minimum atomic E-state index is -2.73. The van der Waals surface area contributed by atoms with E-state index in [1.807, 2.05) is 63.2 Å². The Labute approximate surface area is 416 Å². The second-order valence-corrected chi connectivity index (χ2v) is 18.0. The van der Waals surface area contributed by atoms with Crippen molar-refractivity contribution in [1.82, 2.24) is 14.1 Å². The van der Waals surface area contributed by atoms with Gasteiger partial charge in [0.05, 0.1) is 23.6 Å². The molecule has 0 bridgehead atoms. The molecule has 0 radical (unpaired) electrons. The van der Waals surface area contributed by atoms with Crippen molar-refractivity contribution in [3.8, 4) is 50.9 Å². The Kier molecular flexibility index (Phi) is 7.69. The van der Waals surface area contributed by atoms with Gasteiger partial charge in [0.2, 0.25) is 0 Å². The van der Waals surface area contributed by atoms with Crippen molar-refractivity contribution in [2.24, 2.45) is 0 Å². The van der Waals surface area contributed by atoms with Gasteiger partial charge in [-0.15, -0.1) is 29.7 Å². The molecule has 0 saturated heterocycles. The van der Waals surface area contributed by atoms with Gasteiger partial charge >= 0.3 is 0 Å². The summed E-state index contributed by atoms with van der Waals surface area (Å²) < 4.78 is 133. The number of nitrogens with zero attached hydrogens (tertiary/aromatic N) is 4. The van der Waals surface area contributed by atoms with E-state index in [0.29, 0.717) is 33.9 Å². The van der Waals surface area contributed by atoms with Crippen LogP contribution in [-0.4, -0.2) is 14.1 Å². The van der Waals surface area contributed by atoms with E-state index in [1.165, 1.54) is 30.3 Å². The maximum Gasteiger partial charge on any atom is 0.268 e. The molecule has 10 rings (SSSR count). The van der Waals surface area contributed by atoms with Crippen molar-refractivity contribution in [3.05, 3.63) is 198 Å². The van der Waals surface area contributed by atoms with Crippen molar-refractivity contribution in [2.75, 3.05) is 0 Å². The number of hydrogen-bond donors (Lipinski definition) is 0. The van der Waals surface area contributed by atoms with Crippen LogP contribution < -0.4 is 9.30 Å². The summed E-state index contributed by atoms with van der Waals surface area (Å²) >= 11 is 0. The molecule has 7 aromatic carbocycles. The van der Waals surface area contributed by atoms with E-state index in [1.54, 1.807) is 51.7 Å². The predicted octanol–water partition coefficient (Wildman–Crippen LogP) is 14.4. The molecule has 0 amide bonds. The molecule has 3 aromatic heterocycles. The number of para-hydroxylation sites is 1. The molecule has 0 atom stereocenters. The predicted molar refractivity (Wildman–Crippen MR) is 262 cm³/mol. The fourth-order valence-corrected chi connectivity index (χ4v) is 8.42. The molecule has 6 heteroatoms. The molecule has 65 heavy (non-hydrogen) atoms. The molecule has 0 N–H and O–H groups in total. The quantitative estimate of drug-likeness (QED) is 0.118. The van der Waals surface area contributed by atoms with Crippen LogP contribution in [0.15, 0.2) is 152 Å². The summed E-state index contributed by atoms with van der Waals surface area (Å²) in [5.74, 6) is 1.32. The molecule has 0 spiro atoms. The minimum absolute atomic E-state index is 0. The molecule has 5 nitrogen and oxygen atoms in total. The number of aryl methyl sites for hydroxylation is 3. The smallest absolute Gasteiger partial charge is 0.268 e. The SMILES string of the molecule is [2H]c1c([2H])c([2H])c(-c2cc(C([2H])([2H])[2H])cc(C(C)(C)C)c2-[n+]2[c-]n(-c3[c-]c(Oc4[c-]c5c(cc4)c4ccccc4n5-c4cc(C(C)(C)C)ccn4)ccc3)c3cc(-c4c(C([2H])([2H])[2H])cccc4C([2H])([2H])[2H])ccc32)c([2H])c1[2H].[Pt]. The Hall–Kier alpha value is -6.55. The molecule has 0 aliphatic carbocycles. The first-order chi connectivity index (χ1) is 36.4. The summed E-state index contributed by atoms with van der Waals surface area (Å²) in [6.07, 6.45) is 5.24. The van der Waals surface area contributed by atoms with Gasteiger partial charge in [0, 0.05) is 56.6 Å². The zero-order chi connectivity index (χ0) is 56.3. The third-order valence-corrected chi connectivity index (χ3v) is 11.5. The van der Waals surface area contributed by atoms with E-state index in [4.69, 9.17) is 26.2 Å². The molecule has 10 aromatic rings. The number of ether oxygens (including phenoxy) is 1. The van der Waals surface area contributed by atoms with Crippen molar-refractivity contribution < 1.29 is 49.6 Å². The minimum Gasteiger partial charge on any atom is -0.510 e. The Morgan fingerprint density at radius 1 is 0.677 bits per heavy atom. The average Bonchev–Trinajstić information content (AvgIpc) is 4.19. The zero-order valence-corrected chi connectivity index (χ0v) is 38.8. The van der Waals surface area contributed by atoms with Crippen LogP contribution in [0.5, 0.6) is 11.5 Å². The van der Waals surface area contributed by atoms with Crippen molar-refractivity contribution in [1.29, 1.82) is 0 Å². The van der Waals surface area contributed by atoms with E-state index in [2.05, 4.69) is 49.9 Å². The maximum atomic E-state index is 9.17. The van der Waals surface area contributed by atoms with E-state index in [0.717, 1.165) is 27.4 Å². The van der Waals surface area contributed by atoms with Crippen LogP contribution in [-0.2, 0) is 31.9 Å². The molecule has 0 saturated carbocycles. The number of aromatic nitrogens is 4. The second kappa shape index (κ2) is 16.8. The number of rotatable bonds is 7. The summed E-state index contributed by atoms with van der Waals surface area (Å²) in [7, 11) is 0. The van der Waals surface area contributed by atoms with Crippen LogP contribution in [0.1, 0.15) is 88.6 Å². The van der Waals surface area contributed by atoms with Crippen molar-refractivity contribution >= 4 is 32.8 Å². The number of fused-ring (bicyclic) bond motifs is 4. The fourth-order valence-electron chi connectivity index (χ4n) is 8.42. The summed E-state index contributed by atoms with van der Waals surface area (Å²) in [6, 6.07) is 36.9. The first kappa shape index (κ1) is 29.8. The Morgan fingerprint density at radius 2 is 1.45 bits per heavy atom. The van der Waals surface area contributed by atoms with E-state index < -0.39 is 56.2 Å². The standard InChI is InChI=1S/C59H52N4O.Pt/c1-38-31-49(41-19-11-10-12-20-41)57(50(32-38)59(7,8)9)62-37-61(54-33-42(25-28-52(54)62)56-39(2)17-15-18-40(56)3)44-21-16-22-45(35-44)64-46-26-27-48-47-23-13-14-24-51(47)63(53(48)36-46)55-34-43(29-30-60-55)58(4,5)6;/h10-34H,1-9H3;/q-2;/i1D3,2D3,3D3,10D,11D,12D,19D,20D;. The topological polar surface area (TPSA) is 35.9 Å². The first-order valence-electron chi connectivity index (χ1n) is 28.0. The van der Waals surface area contributed by atoms with Gasteiger partial charge < -0.3 is 13.9 Å². The van der Waals surface area contributed by atoms with Crippen molar-refractivity contribution in [3.63, 3.8) is 0 Å². The number of pyridine rings is 1. The molecular weight excluding hydrogens is 976 g/mol. The summed E-state index contributed by atoms with van der Waals surface area (Å²) in [4.78, 5) is 4.80. The fraction of sp³-hybridized carbons (Fsp3) is 0.186. The number of hydrogen-bond acceptors (Lipinski definition) is 2. The molecule has 3 heterocycles. The molecule has 0 aliphatic heterocycles. The Morgan fingerprint density at radius 3 is 2.20 bits per heavy atom. The first-order valence-corrected chi connectivity index (χ1v) is 21.0. The molecule has 0 fully saturated rings. The van der Waals surface area contributed by atoms with Gasteiger partial charge in [0.25, 0.3) is 6.33 Å². The Bertz CT molecular complexity index is 4010. The van der Waals surface area contributed by atoms with Crippen LogP contribution in [0.2, 0.25) is 0 Å². The van der Waals surface area contributed by atoms with E-state index >= 15 is 0 Å². The van der Waals surface area contributed by atoms with Crippen LogP contribution in [0.25, 0.3) is 72.3 Å². The monoisotopic (exact) mass is 1040 g/mol. The van der Waals surface area contributed by atoms with Gasteiger partial charge in [-0.05, 0) is 111 Å². The van der Waals surface area contributed by atoms with Gasteiger partial charge in [-0.2, -0.15) is 18.2 Å². The zero-order valence-electron chi connectivity index (χ0n) is 50.6. The van der Waals surface area contributed by atoms with Crippen LogP contribution >= 0.6 is 0 Å². The maximum absolute atomic E-state index is 9.17. The van der Waals surface area contributed by atoms with Gasteiger partial charge in [-0.1, -0.05) is 143 Å². The van der Waals surface area contributed by atoms with E-state index in [9.17, 15) is 2.74 Å². The third kappa shape index (κ3) is 8.01. The molecule has 0 aliphatic rings. The molecule has 0 unspecified atom stereocenters. The van der Waals surface area contributed by atoms with Gasteiger partial charge in [0.15, 0.2) is 0 Å². The van der Waals surface area contributed by atoms with Gasteiger partial charge in [0.1, 0.15) is 5.82 Å².